The molecule has 4 rings (SSSR count). The molecule has 166 valence electrons. The second-order valence-corrected chi connectivity index (χ2v) is 8.64. The van der Waals surface area contributed by atoms with Crippen LogP contribution in [-0.4, -0.2) is 24.4 Å². The van der Waals surface area contributed by atoms with Crippen molar-refractivity contribution in [1.82, 2.24) is 10.2 Å². The highest BCUT2D eigenvalue weighted by atomic mass is 32.2. The minimum Gasteiger partial charge on any atom is -0.497 e. The third-order valence-electron chi connectivity index (χ3n) is 5.19. The maximum absolute atomic E-state index is 12.1. The molecule has 2 heterocycles. The molecule has 0 saturated carbocycles. The molecule has 4 aromatic rings. The summed E-state index contributed by atoms with van der Waals surface area (Å²) in [7, 11) is 3.17. The molecule has 2 aromatic carbocycles. The summed E-state index contributed by atoms with van der Waals surface area (Å²) in [5.41, 5.74) is 4.11. The van der Waals surface area contributed by atoms with Crippen molar-refractivity contribution >= 4 is 22.7 Å². The number of aryl methyl sites for hydroxylation is 1. The number of nitrogens with zero attached hydrogens (tertiary/aromatic N) is 2. The van der Waals surface area contributed by atoms with Crippen molar-refractivity contribution in [2.75, 3.05) is 14.2 Å². The summed E-state index contributed by atoms with van der Waals surface area (Å²) in [5.74, 6) is 2.48. The summed E-state index contributed by atoms with van der Waals surface area (Å²) in [5, 5.41) is 9.62. The van der Waals surface area contributed by atoms with E-state index in [-0.39, 0.29) is 5.63 Å². The highest BCUT2D eigenvalue weighted by molar-refractivity contribution is 7.98. The predicted octanol–water partition coefficient (Wildman–Crippen LogP) is 5.58. The van der Waals surface area contributed by atoms with Gasteiger partial charge in [-0.2, -0.15) is 0 Å². The van der Waals surface area contributed by atoms with E-state index in [1.54, 1.807) is 32.4 Å². The lowest BCUT2D eigenvalue weighted by molar-refractivity contribution is 0.394. The predicted molar refractivity (Wildman–Crippen MR) is 124 cm³/mol. The third-order valence-corrected chi connectivity index (χ3v) is 6.06. The second kappa shape index (κ2) is 9.08. The molecule has 0 N–H and O–H groups in total. The van der Waals surface area contributed by atoms with Gasteiger partial charge in [0.15, 0.2) is 0 Å². The van der Waals surface area contributed by atoms with E-state index in [1.165, 1.54) is 23.4 Å². The van der Waals surface area contributed by atoms with Gasteiger partial charge in [0.05, 0.1) is 14.2 Å². The molecule has 8 heteroatoms. The zero-order chi connectivity index (χ0) is 22.8. The van der Waals surface area contributed by atoms with Crippen LogP contribution in [0.1, 0.15) is 36.5 Å². The first kappa shape index (κ1) is 22.0. The first-order chi connectivity index (χ1) is 15.4. The van der Waals surface area contributed by atoms with Gasteiger partial charge in [0, 0.05) is 28.8 Å². The van der Waals surface area contributed by atoms with E-state index in [0.29, 0.717) is 45.4 Å². The van der Waals surface area contributed by atoms with Crippen LogP contribution >= 0.6 is 11.8 Å². The van der Waals surface area contributed by atoms with Crippen LogP contribution in [0.3, 0.4) is 0 Å². The van der Waals surface area contributed by atoms with E-state index in [9.17, 15) is 4.79 Å². The maximum Gasteiger partial charge on any atom is 0.336 e. The monoisotopic (exact) mass is 452 g/mol. The molecule has 0 aliphatic carbocycles. The van der Waals surface area contributed by atoms with Crippen LogP contribution in [0.15, 0.2) is 55.2 Å². The van der Waals surface area contributed by atoms with Crippen LogP contribution in [0.5, 0.6) is 11.5 Å². The van der Waals surface area contributed by atoms with Gasteiger partial charge < -0.3 is 18.3 Å². The Morgan fingerprint density at radius 3 is 2.34 bits per heavy atom. The zero-order valence-corrected chi connectivity index (χ0v) is 19.4. The Kier molecular flexibility index (Phi) is 6.23. The van der Waals surface area contributed by atoms with Crippen molar-refractivity contribution < 1.29 is 18.3 Å². The van der Waals surface area contributed by atoms with Crippen LogP contribution in [0, 0.1) is 6.92 Å². The maximum atomic E-state index is 12.1. The van der Waals surface area contributed by atoms with Crippen LogP contribution in [0.4, 0.5) is 0 Å². The van der Waals surface area contributed by atoms with Gasteiger partial charge in [-0.3, -0.25) is 0 Å². The summed E-state index contributed by atoms with van der Waals surface area (Å²) in [6.45, 7) is 6.33. The number of ether oxygens (including phenoxy) is 2. The van der Waals surface area contributed by atoms with Crippen molar-refractivity contribution in [3.05, 3.63) is 63.5 Å². The van der Waals surface area contributed by atoms with Crippen molar-refractivity contribution in [1.29, 1.82) is 0 Å². The van der Waals surface area contributed by atoms with Gasteiger partial charge in [0.1, 0.15) is 17.1 Å². The fraction of sp³-hybridized carbons (Fsp3) is 0.292. The Morgan fingerprint density at radius 1 is 0.969 bits per heavy atom. The number of aromatic nitrogens is 2. The summed E-state index contributed by atoms with van der Waals surface area (Å²) < 4.78 is 21.9. The first-order valence-corrected chi connectivity index (χ1v) is 11.1. The fourth-order valence-electron chi connectivity index (χ4n) is 3.59. The quantitative estimate of drug-likeness (QED) is 0.265. The van der Waals surface area contributed by atoms with Gasteiger partial charge in [-0.05, 0) is 53.8 Å². The Bertz CT molecular complexity index is 1300. The molecule has 0 spiro atoms. The highest BCUT2D eigenvalue weighted by Crippen LogP contribution is 2.33. The number of benzene rings is 2. The van der Waals surface area contributed by atoms with Crippen molar-refractivity contribution in [2.24, 2.45) is 0 Å². The number of hydrogen-bond acceptors (Lipinski definition) is 8. The summed E-state index contributed by atoms with van der Waals surface area (Å²) in [4.78, 5) is 12.1. The molecule has 0 amide bonds. The van der Waals surface area contributed by atoms with E-state index in [0.717, 1.165) is 16.5 Å². The molecule has 0 unspecified atom stereocenters. The molecule has 0 saturated heterocycles. The van der Waals surface area contributed by atoms with Crippen molar-refractivity contribution in [3.63, 3.8) is 0 Å². The molecular weight excluding hydrogens is 428 g/mol. The second-order valence-electron chi connectivity index (χ2n) is 7.71. The van der Waals surface area contributed by atoms with Crippen LogP contribution in [0.25, 0.3) is 22.4 Å². The van der Waals surface area contributed by atoms with E-state index in [1.807, 2.05) is 13.0 Å². The van der Waals surface area contributed by atoms with Crippen molar-refractivity contribution in [2.45, 2.75) is 37.7 Å². The molecule has 32 heavy (non-hydrogen) atoms. The third kappa shape index (κ3) is 4.50. The Morgan fingerprint density at radius 2 is 1.69 bits per heavy atom. The van der Waals surface area contributed by atoms with E-state index >= 15 is 0 Å². The first-order valence-electron chi connectivity index (χ1n) is 10.1. The van der Waals surface area contributed by atoms with Gasteiger partial charge >= 0.3 is 5.63 Å². The average Bonchev–Trinajstić information content (AvgIpc) is 3.25. The molecule has 0 aliphatic rings. The lowest BCUT2D eigenvalue weighted by atomic mass is 9.95. The topological polar surface area (TPSA) is 87.6 Å². The van der Waals surface area contributed by atoms with Gasteiger partial charge in [-0.15, -0.1) is 10.2 Å². The zero-order valence-electron chi connectivity index (χ0n) is 18.6. The highest BCUT2D eigenvalue weighted by Gasteiger charge is 2.15. The Labute approximate surface area is 189 Å². The van der Waals surface area contributed by atoms with Crippen LogP contribution in [-0.2, 0) is 5.75 Å². The number of thioether (sulfide) groups is 1. The van der Waals surface area contributed by atoms with Crippen molar-refractivity contribution in [3.8, 4) is 23.0 Å². The molecular formula is C24H24N2O5S. The van der Waals surface area contributed by atoms with Gasteiger partial charge in [0.2, 0.25) is 5.89 Å². The fourth-order valence-corrected chi connectivity index (χ4v) is 4.34. The lowest BCUT2D eigenvalue weighted by Crippen LogP contribution is -2.02. The molecule has 0 aliphatic heterocycles. The van der Waals surface area contributed by atoms with E-state index < -0.39 is 0 Å². The van der Waals surface area contributed by atoms with Gasteiger partial charge in [-0.1, -0.05) is 25.6 Å². The van der Waals surface area contributed by atoms with Crippen LogP contribution < -0.4 is 15.1 Å². The average molecular weight is 453 g/mol. The number of methoxy groups -OCH3 is 2. The molecule has 7 nitrogen and oxygen atoms in total. The molecule has 0 bridgehead atoms. The molecule has 2 aromatic heterocycles. The minimum atomic E-state index is -0.375. The molecule has 0 fully saturated rings. The van der Waals surface area contributed by atoms with Crippen LogP contribution in [0.2, 0.25) is 0 Å². The number of rotatable bonds is 7. The molecule has 0 atom stereocenters. The van der Waals surface area contributed by atoms with E-state index in [4.69, 9.17) is 18.3 Å². The number of hydrogen-bond donors (Lipinski definition) is 0. The van der Waals surface area contributed by atoms with E-state index in [2.05, 4.69) is 30.1 Å². The Hall–Kier alpha value is -3.26. The smallest absolute Gasteiger partial charge is 0.336 e. The summed E-state index contributed by atoms with van der Waals surface area (Å²) >= 11 is 1.37. The Balaban J connectivity index is 1.62. The van der Waals surface area contributed by atoms with Gasteiger partial charge in [-0.25, -0.2) is 4.79 Å². The standard InChI is InChI=1S/C24H24N2O5S/c1-13(2)19-11-20-16(9-22(27)30-21(20)6-14(19)3)12-32-24-26-25-23(31-24)15-7-17(28-4)10-18(8-15)29-5/h6-11,13H,12H2,1-5H3. The summed E-state index contributed by atoms with van der Waals surface area (Å²) in [6, 6.07) is 10.9. The SMILES string of the molecule is COc1cc(OC)cc(-c2nnc(SCc3cc(=O)oc4cc(C)c(C(C)C)cc34)o2)c1. The summed E-state index contributed by atoms with van der Waals surface area (Å²) in [6.07, 6.45) is 0. The number of fused-ring (bicyclic) bond motifs is 1. The normalized spacial score (nSPS) is 11.3. The minimum absolute atomic E-state index is 0.361. The lowest BCUT2D eigenvalue weighted by Gasteiger charge is -2.12. The molecule has 0 radical (unpaired) electrons. The largest absolute Gasteiger partial charge is 0.497 e. The van der Waals surface area contributed by atoms with Gasteiger partial charge in [0.25, 0.3) is 5.22 Å².